The maximum atomic E-state index is 12.8. The molecule has 1 N–H and O–H groups in total. The number of nitrogens with zero attached hydrogens (tertiary/aromatic N) is 3. The van der Waals surface area contributed by atoms with Gasteiger partial charge in [0.25, 0.3) is 5.91 Å². The number of aliphatic hydroxyl groups excluding tert-OH is 1. The lowest BCUT2D eigenvalue weighted by Crippen LogP contribution is -2.33. The highest BCUT2D eigenvalue weighted by Crippen LogP contribution is 2.14. The van der Waals surface area contributed by atoms with Gasteiger partial charge in [0.2, 0.25) is 0 Å². The molecule has 2 aromatic heterocycles. The fourth-order valence-electron chi connectivity index (χ4n) is 2.57. The molecule has 3 rings (SSSR count). The van der Waals surface area contributed by atoms with E-state index in [1.807, 2.05) is 59.4 Å². The first-order chi connectivity index (χ1) is 11.8. The summed E-state index contributed by atoms with van der Waals surface area (Å²) in [6.45, 7) is 0.617. The van der Waals surface area contributed by atoms with E-state index in [9.17, 15) is 9.90 Å². The van der Waals surface area contributed by atoms with E-state index in [1.165, 1.54) is 0 Å². The van der Waals surface area contributed by atoms with Gasteiger partial charge in [0.1, 0.15) is 0 Å². The Bertz CT molecular complexity index is 785. The molecule has 1 aromatic carbocycles. The SMILES string of the molecule is O=C(c1cccc(-n2cccc2)c1)N(CCO)Cc1cccnc1. The zero-order valence-corrected chi connectivity index (χ0v) is 13.2. The fourth-order valence-corrected chi connectivity index (χ4v) is 2.57. The first kappa shape index (κ1) is 16.0. The largest absolute Gasteiger partial charge is 0.395 e. The summed E-state index contributed by atoms with van der Waals surface area (Å²) in [4.78, 5) is 18.6. The highest BCUT2D eigenvalue weighted by atomic mass is 16.3. The van der Waals surface area contributed by atoms with Gasteiger partial charge in [-0.15, -0.1) is 0 Å². The van der Waals surface area contributed by atoms with Gasteiger partial charge in [-0.05, 0) is 42.0 Å². The van der Waals surface area contributed by atoms with Crippen molar-refractivity contribution in [2.24, 2.45) is 0 Å². The van der Waals surface area contributed by atoms with Gasteiger partial charge in [0, 0.05) is 49.1 Å². The number of carbonyl (C=O) groups excluding carboxylic acids is 1. The summed E-state index contributed by atoms with van der Waals surface area (Å²) in [6, 6.07) is 15.1. The second-order valence-electron chi connectivity index (χ2n) is 5.45. The predicted octanol–water partition coefficient (Wildman–Crippen LogP) is 2.51. The molecule has 0 bridgehead atoms. The number of benzene rings is 1. The Kier molecular flexibility index (Phi) is 5.03. The van der Waals surface area contributed by atoms with Gasteiger partial charge in [-0.3, -0.25) is 9.78 Å². The third-order valence-corrected chi connectivity index (χ3v) is 3.75. The van der Waals surface area contributed by atoms with Crippen molar-refractivity contribution in [2.45, 2.75) is 6.54 Å². The molecule has 24 heavy (non-hydrogen) atoms. The van der Waals surface area contributed by atoms with Crippen molar-refractivity contribution in [1.82, 2.24) is 14.5 Å². The van der Waals surface area contributed by atoms with Crippen molar-refractivity contribution in [1.29, 1.82) is 0 Å². The van der Waals surface area contributed by atoms with Crippen LogP contribution < -0.4 is 0 Å². The van der Waals surface area contributed by atoms with Crippen molar-refractivity contribution < 1.29 is 9.90 Å². The second-order valence-corrected chi connectivity index (χ2v) is 5.45. The van der Waals surface area contributed by atoms with Crippen LogP contribution in [-0.4, -0.2) is 38.6 Å². The summed E-state index contributed by atoms with van der Waals surface area (Å²) in [7, 11) is 0. The molecule has 5 nitrogen and oxygen atoms in total. The summed E-state index contributed by atoms with van der Waals surface area (Å²) in [5.74, 6) is -0.109. The molecule has 0 aliphatic carbocycles. The van der Waals surface area contributed by atoms with E-state index in [4.69, 9.17) is 0 Å². The number of rotatable bonds is 6. The van der Waals surface area contributed by atoms with Gasteiger partial charge < -0.3 is 14.6 Å². The number of hydrogen-bond donors (Lipinski definition) is 1. The summed E-state index contributed by atoms with van der Waals surface area (Å²) in [5, 5.41) is 9.30. The summed E-state index contributed by atoms with van der Waals surface area (Å²) >= 11 is 0. The molecule has 5 heteroatoms. The maximum absolute atomic E-state index is 12.8. The maximum Gasteiger partial charge on any atom is 0.254 e. The van der Waals surface area contributed by atoms with Crippen LogP contribution in [0.25, 0.3) is 5.69 Å². The van der Waals surface area contributed by atoms with Crippen LogP contribution in [0.2, 0.25) is 0 Å². The Labute approximate surface area is 140 Å². The van der Waals surface area contributed by atoms with Crippen LogP contribution >= 0.6 is 0 Å². The minimum atomic E-state index is -0.109. The Morgan fingerprint density at radius 3 is 2.67 bits per heavy atom. The first-order valence-electron chi connectivity index (χ1n) is 7.80. The lowest BCUT2D eigenvalue weighted by atomic mass is 10.1. The molecule has 0 aliphatic rings. The van der Waals surface area contributed by atoms with E-state index in [0.29, 0.717) is 12.1 Å². The van der Waals surface area contributed by atoms with Crippen LogP contribution in [0.4, 0.5) is 0 Å². The number of aromatic nitrogens is 2. The van der Waals surface area contributed by atoms with Crippen molar-refractivity contribution in [3.8, 4) is 5.69 Å². The Balaban J connectivity index is 1.83. The molecule has 122 valence electrons. The van der Waals surface area contributed by atoms with Crippen molar-refractivity contribution >= 4 is 5.91 Å². The zero-order chi connectivity index (χ0) is 16.8. The fraction of sp³-hybridized carbons (Fsp3) is 0.158. The van der Waals surface area contributed by atoms with Gasteiger partial charge in [-0.25, -0.2) is 0 Å². The summed E-state index contributed by atoms with van der Waals surface area (Å²) in [6.07, 6.45) is 7.30. The van der Waals surface area contributed by atoms with E-state index >= 15 is 0 Å². The number of aliphatic hydroxyl groups is 1. The predicted molar refractivity (Wildman–Crippen MR) is 91.8 cm³/mol. The minimum absolute atomic E-state index is 0.0801. The van der Waals surface area contributed by atoms with Gasteiger partial charge in [0.15, 0.2) is 0 Å². The van der Waals surface area contributed by atoms with Gasteiger partial charge in [0.05, 0.1) is 6.61 Å². The van der Waals surface area contributed by atoms with Crippen LogP contribution in [0.3, 0.4) is 0 Å². The van der Waals surface area contributed by atoms with Crippen molar-refractivity contribution in [3.63, 3.8) is 0 Å². The van der Waals surface area contributed by atoms with E-state index in [-0.39, 0.29) is 19.1 Å². The first-order valence-corrected chi connectivity index (χ1v) is 7.80. The molecule has 0 unspecified atom stereocenters. The molecule has 0 saturated heterocycles. The molecule has 1 amide bonds. The Hall–Kier alpha value is -2.92. The molecule has 3 aromatic rings. The Morgan fingerprint density at radius 1 is 1.12 bits per heavy atom. The van der Waals surface area contributed by atoms with Crippen molar-refractivity contribution in [3.05, 3.63) is 84.4 Å². The third kappa shape index (κ3) is 3.70. The number of pyridine rings is 1. The van der Waals surface area contributed by atoms with E-state index < -0.39 is 0 Å². The second kappa shape index (κ2) is 7.57. The smallest absolute Gasteiger partial charge is 0.254 e. The van der Waals surface area contributed by atoms with Gasteiger partial charge in [-0.2, -0.15) is 0 Å². The number of carbonyl (C=O) groups is 1. The molecule has 0 atom stereocenters. The molecule has 0 aliphatic heterocycles. The average Bonchev–Trinajstić information content (AvgIpc) is 3.16. The lowest BCUT2D eigenvalue weighted by molar-refractivity contribution is 0.0707. The molecular weight excluding hydrogens is 302 g/mol. The van der Waals surface area contributed by atoms with Crippen molar-refractivity contribution in [2.75, 3.05) is 13.2 Å². The van der Waals surface area contributed by atoms with Gasteiger partial charge >= 0.3 is 0 Å². The lowest BCUT2D eigenvalue weighted by Gasteiger charge is -2.22. The quantitative estimate of drug-likeness (QED) is 0.759. The van der Waals surface area contributed by atoms with Crippen LogP contribution in [0.1, 0.15) is 15.9 Å². The Morgan fingerprint density at radius 2 is 1.96 bits per heavy atom. The summed E-state index contributed by atoms with van der Waals surface area (Å²) < 4.78 is 1.95. The minimum Gasteiger partial charge on any atom is -0.395 e. The summed E-state index contributed by atoms with van der Waals surface area (Å²) in [5.41, 5.74) is 2.45. The monoisotopic (exact) mass is 321 g/mol. The highest BCUT2D eigenvalue weighted by Gasteiger charge is 2.16. The van der Waals surface area contributed by atoms with Crippen LogP contribution in [-0.2, 0) is 6.54 Å². The highest BCUT2D eigenvalue weighted by molar-refractivity contribution is 5.94. The van der Waals surface area contributed by atoms with E-state index in [2.05, 4.69) is 4.98 Å². The molecule has 0 spiro atoms. The number of hydrogen-bond acceptors (Lipinski definition) is 3. The van der Waals surface area contributed by atoms with Crippen LogP contribution in [0.15, 0.2) is 73.3 Å². The topological polar surface area (TPSA) is 58.4 Å². The molecule has 0 radical (unpaired) electrons. The normalized spacial score (nSPS) is 10.5. The van der Waals surface area contributed by atoms with E-state index in [0.717, 1.165) is 11.3 Å². The standard InChI is InChI=1S/C19H19N3O2/c23-12-11-22(15-16-5-4-8-20-14-16)19(24)17-6-3-7-18(13-17)21-9-1-2-10-21/h1-10,13-14,23H,11-12,15H2. The third-order valence-electron chi connectivity index (χ3n) is 3.75. The van der Waals surface area contributed by atoms with E-state index in [1.54, 1.807) is 23.4 Å². The average molecular weight is 321 g/mol. The zero-order valence-electron chi connectivity index (χ0n) is 13.2. The molecule has 0 fully saturated rings. The van der Waals surface area contributed by atoms with Gasteiger partial charge in [-0.1, -0.05) is 12.1 Å². The number of amides is 1. The van der Waals surface area contributed by atoms with Crippen LogP contribution in [0, 0.1) is 0 Å². The van der Waals surface area contributed by atoms with Crippen LogP contribution in [0.5, 0.6) is 0 Å². The molecule has 2 heterocycles. The molecule has 0 saturated carbocycles. The molecular formula is C19H19N3O2.